The number of aromatic nitrogens is 1. The molecule has 118 valence electrons. The molecule has 22 heavy (non-hydrogen) atoms. The van der Waals surface area contributed by atoms with Gasteiger partial charge in [-0.25, -0.2) is 4.98 Å². The summed E-state index contributed by atoms with van der Waals surface area (Å²) in [4.78, 5) is 16.5. The molecule has 2 N–H and O–H groups in total. The lowest BCUT2D eigenvalue weighted by atomic mass is 9.87. The first kappa shape index (κ1) is 16.5. The van der Waals surface area contributed by atoms with Crippen molar-refractivity contribution in [3.05, 3.63) is 46.5 Å². The van der Waals surface area contributed by atoms with Crippen molar-refractivity contribution in [3.63, 3.8) is 0 Å². The summed E-state index contributed by atoms with van der Waals surface area (Å²) in [5.41, 5.74) is 3.02. The minimum absolute atomic E-state index is 0.0375. The average Bonchev–Trinajstić information content (AvgIpc) is 2.94. The predicted molar refractivity (Wildman–Crippen MR) is 92.8 cm³/mol. The van der Waals surface area contributed by atoms with Gasteiger partial charge in [0, 0.05) is 31.0 Å². The maximum absolute atomic E-state index is 12.1. The standard InChI is InChI=1S/C17H23N3OS/c1-17(2,3)13-7-5-12(6-8-13)15(21)19-10-9-14-11-22-16(18-4)20-14/h5-8,11H,9-10H2,1-4H3,(H,18,20)(H,19,21). The number of nitrogens with zero attached hydrogens (tertiary/aromatic N) is 1. The molecular weight excluding hydrogens is 294 g/mol. The van der Waals surface area contributed by atoms with Gasteiger partial charge in [-0.15, -0.1) is 11.3 Å². The molecule has 0 aliphatic rings. The van der Waals surface area contributed by atoms with Crippen molar-refractivity contribution in [1.82, 2.24) is 10.3 Å². The summed E-state index contributed by atoms with van der Waals surface area (Å²) < 4.78 is 0. The summed E-state index contributed by atoms with van der Waals surface area (Å²) in [7, 11) is 1.85. The Bertz CT molecular complexity index is 626. The normalized spacial score (nSPS) is 11.3. The second kappa shape index (κ2) is 6.92. The van der Waals surface area contributed by atoms with E-state index in [4.69, 9.17) is 0 Å². The highest BCUT2D eigenvalue weighted by Crippen LogP contribution is 2.22. The van der Waals surface area contributed by atoms with Crippen molar-refractivity contribution in [2.24, 2.45) is 0 Å². The highest BCUT2D eigenvalue weighted by molar-refractivity contribution is 7.13. The van der Waals surface area contributed by atoms with E-state index in [1.807, 2.05) is 36.7 Å². The van der Waals surface area contributed by atoms with Gasteiger partial charge in [0.1, 0.15) is 0 Å². The number of benzene rings is 1. The van der Waals surface area contributed by atoms with Crippen LogP contribution in [0.3, 0.4) is 0 Å². The van der Waals surface area contributed by atoms with Gasteiger partial charge in [-0.3, -0.25) is 4.79 Å². The number of amides is 1. The molecule has 1 amide bonds. The zero-order chi connectivity index (χ0) is 16.2. The van der Waals surface area contributed by atoms with Crippen molar-refractivity contribution in [3.8, 4) is 0 Å². The third-order valence-corrected chi connectivity index (χ3v) is 4.35. The van der Waals surface area contributed by atoms with E-state index in [1.165, 1.54) is 5.56 Å². The number of hydrogen-bond acceptors (Lipinski definition) is 4. The van der Waals surface area contributed by atoms with E-state index in [9.17, 15) is 4.79 Å². The van der Waals surface area contributed by atoms with Gasteiger partial charge in [-0.05, 0) is 23.1 Å². The lowest BCUT2D eigenvalue weighted by Crippen LogP contribution is -2.25. The minimum Gasteiger partial charge on any atom is -0.365 e. The summed E-state index contributed by atoms with van der Waals surface area (Å²) in [6.45, 7) is 7.08. The van der Waals surface area contributed by atoms with Crippen LogP contribution >= 0.6 is 11.3 Å². The molecule has 1 aromatic carbocycles. The zero-order valence-corrected chi connectivity index (χ0v) is 14.4. The summed E-state index contributed by atoms with van der Waals surface area (Å²) >= 11 is 1.57. The molecule has 2 rings (SSSR count). The SMILES string of the molecule is CNc1nc(CCNC(=O)c2ccc(C(C)(C)C)cc2)cs1. The molecule has 0 radical (unpaired) electrons. The topological polar surface area (TPSA) is 54.0 Å². The Labute approximate surface area is 136 Å². The van der Waals surface area contributed by atoms with Crippen LogP contribution in [0.2, 0.25) is 0 Å². The molecular formula is C17H23N3OS. The molecule has 2 aromatic rings. The molecule has 0 bridgehead atoms. The minimum atomic E-state index is -0.0375. The number of hydrogen-bond donors (Lipinski definition) is 2. The quantitative estimate of drug-likeness (QED) is 0.888. The molecule has 0 aliphatic carbocycles. The van der Waals surface area contributed by atoms with Gasteiger partial charge in [0.05, 0.1) is 5.69 Å². The maximum Gasteiger partial charge on any atom is 0.251 e. The van der Waals surface area contributed by atoms with Crippen LogP contribution in [0.5, 0.6) is 0 Å². The molecule has 0 fully saturated rings. The third-order valence-electron chi connectivity index (χ3n) is 3.45. The number of nitrogens with one attached hydrogen (secondary N) is 2. The number of anilines is 1. The van der Waals surface area contributed by atoms with Gasteiger partial charge < -0.3 is 10.6 Å². The van der Waals surface area contributed by atoms with E-state index < -0.39 is 0 Å². The van der Waals surface area contributed by atoms with Gasteiger partial charge in [0.25, 0.3) is 5.91 Å². The molecule has 1 aromatic heterocycles. The highest BCUT2D eigenvalue weighted by atomic mass is 32.1. The molecule has 0 spiro atoms. The Kier molecular flexibility index (Phi) is 5.19. The van der Waals surface area contributed by atoms with E-state index in [-0.39, 0.29) is 11.3 Å². The monoisotopic (exact) mass is 317 g/mol. The summed E-state index contributed by atoms with van der Waals surface area (Å²) in [6, 6.07) is 7.82. The number of rotatable bonds is 5. The van der Waals surface area contributed by atoms with E-state index in [2.05, 4.69) is 36.4 Å². The van der Waals surface area contributed by atoms with Crippen LogP contribution < -0.4 is 10.6 Å². The Morgan fingerprint density at radius 3 is 2.45 bits per heavy atom. The first-order valence-corrected chi connectivity index (χ1v) is 8.29. The first-order chi connectivity index (χ1) is 10.4. The summed E-state index contributed by atoms with van der Waals surface area (Å²) in [6.07, 6.45) is 0.740. The van der Waals surface area contributed by atoms with Crippen molar-refractivity contribution in [1.29, 1.82) is 0 Å². The van der Waals surface area contributed by atoms with Crippen molar-refractivity contribution in [2.75, 3.05) is 18.9 Å². The molecule has 0 unspecified atom stereocenters. The zero-order valence-electron chi connectivity index (χ0n) is 13.6. The Morgan fingerprint density at radius 2 is 1.91 bits per heavy atom. The summed E-state index contributed by atoms with van der Waals surface area (Å²) in [5.74, 6) is -0.0375. The molecule has 0 aliphatic heterocycles. The summed E-state index contributed by atoms with van der Waals surface area (Å²) in [5, 5.41) is 8.86. The van der Waals surface area contributed by atoms with Gasteiger partial charge in [0.2, 0.25) is 0 Å². The number of carbonyl (C=O) groups is 1. The van der Waals surface area contributed by atoms with Crippen LogP contribution in [0.25, 0.3) is 0 Å². The van der Waals surface area contributed by atoms with E-state index in [1.54, 1.807) is 11.3 Å². The van der Waals surface area contributed by atoms with E-state index in [0.717, 1.165) is 17.2 Å². The molecule has 1 heterocycles. The van der Waals surface area contributed by atoms with Gasteiger partial charge in [0.15, 0.2) is 5.13 Å². The smallest absolute Gasteiger partial charge is 0.251 e. The predicted octanol–water partition coefficient (Wildman–Crippen LogP) is 3.45. The van der Waals surface area contributed by atoms with Crippen LogP contribution in [0.15, 0.2) is 29.6 Å². The molecule has 5 heteroatoms. The lowest BCUT2D eigenvalue weighted by molar-refractivity contribution is 0.0954. The second-order valence-corrected chi connectivity index (χ2v) is 7.09. The third kappa shape index (κ3) is 4.31. The Morgan fingerprint density at radius 1 is 1.23 bits per heavy atom. The van der Waals surface area contributed by atoms with Crippen molar-refractivity contribution >= 4 is 22.4 Å². The van der Waals surface area contributed by atoms with Crippen molar-refractivity contribution < 1.29 is 4.79 Å². The fraction of sp³-hybridized carbons (Fsp3) is 0.412. The number of carbonyl (C=O) groups excluding carboxylic acids is 1. The maximum atomic E-state index is 12.1. The lowest BCUT2D eigenvalue weighted by Gasteiger charge is -2.19. The van der Waals surface area contributed by atoms with Crippen LogP contribution in [-0.4, -0.2) is 24.5 Å². The molecule has 0 saturated carbocycles. The van der Waals surface area contributed by atoms with E-state index in [0.29, 0.717) is 12.1 Å². The second-order valence-electron chi connectivity index (χ2n) is 6.23. The van der Waals surface area contributed by atoms with Gasteiger partial charge in [-0.1, -0.05) is 32.9 Å². The van der Waals surface area contributed by atoms with Gasteiger partial charge in [-0.2, -0.15) is 0 Å². The highest BCUT2D eigenvalue weighted by Gasteiger charge is 2.14. The van der Waals surface area contributed by atoms with Crippen LogP contribution in [0.1, 0.15) is 42.4 Å². The fourth-order valence-corrected chi connectivity index (χ4v) is 2.77. The van der Waals surface area contributed by atoms with Crippen molar-refractivity contribution in [2.45, 2.75) is 32.6 Å². The van der Waals surface area contributed by atoms with Gasteiger partial charge >= 0.3 is 0 Å². The van der Waals surface area contributed by atoms with Crippen LogP contribution in [-0.2, 0) is 11.8 Å². The molecule has 0 saturated heterocycles. The average molecular weight is 317 g/mol. The van der Waals surface area contributed by atoms with E-state index >= 15 is 0 Å². The fourth-order valence-electron chi connectivity index (χ4n) is 2.06. The molecule has 0 atom stereocenters. The Balaban J connectivity index is 1.87. The Hall–Kier alpha value is -1.88. The van der Waals surface area contributed by atoms with Crippen LogP contribution in [0.4, 0.5) is 5.13 Å². The molecule has 4 nitrogen and oxygen atoms in total. The number of thiazole rings is 1. The first-order valence-electron chi connectivity index (χ1n) is 7.41. The largest absolute Gasteiger partial charge is 0.365 e. The van der Waals surface area contributed by atoms with Crippen LogP contribution in [0, 0.1) is 0 Å².